The molecule has 3 rings (SSSR count). The molecule has 2 fully saturated rings. The summed E-state index contributed by atoms with van der Waals surface area (Å²) in [6, 6.07) is 9.17. The van der Waals surface area contributed by atoms with E-state index in [0.717, 1.165) is 31.2 Å². The van der Waals surface area contributed by atoms with E-state index in [4.69, 9.17) is 17.3 Å². The van der Waals surface area contributed by atoms with Gasteiger partial charge in [-0.2, -0.15) is 0 Å². The van der Waals surface area contributed by atoms with E-state index in [1.54, 1.807) is 0 Å². The molecule has 2 N–H and O–H groups in total. The maximum atomic E-state index is 6.20. The van der Waals surface area contributed by atoms with Gasteiger partial charge in [0.15, 0.2) is 0 Å². The van der Waals surface area contributed by atoms with Crippen molar-refractivity contribution in [3.8, 4) is 0 Å². The monoisotopic (exact) mass is 279 g/mol. The molecule has 1 saturated heterocycles. The summed E-state index contributed by atoms with van der Waals surface area (Å²) < 4.78 is 0. The quantitative estimate of drug-likeness (QED) is 0.902. The zero-order valence-electron chi connectivity index (χ0n) is 11.3. The molecule has 0 aromatic heterocycles. The molecule has 2 unspecified atom stereocenters. The number of halogens is 1. The summed E-state index contributed by atoms with van der Waals surface area (Å²) in [5, 5.41) is 0.805. The standard InChI is InChI=1S/C15H22ClN3/c16-12-4-6-13(7-5-12)18-8-10-19(11-9-18)15-3-1-2-14(15)17/h4-7,14-15H,1-3,8-11,17H2. The molecule has 1 aliphatic carbocycles. The maximum absolute atomic E-state index is 6.20. The lowest BCUT2D eigenvalue weighted by atomic mass is 10.1. The van der Waals surface area contributed by atoms with Gasteiger partial charge in [0.1, 0.15) is 0 Å². The fraction of sp³-hybridized carbons (Fsp3) is 0.600. The van der Waals surface area contributed by atoms with Crippen LogP contribution in [-0.4, -0.2) is 43.2 Å². The van der Waals surface area contributed by atoms with E-state index in [1.165, 1.54) is 24.9 Å². The van der Waals surface area contributed by atoms with Crippen molar-refractivity contribution in [2.45, 2.75) is 31.3 Å². The van der Waals surface area contributed by atoms with Crippen LogP contribution in [0.5, 0.6) is 0 Å². The van der Waals surface area contributed by atoms with Crippen LogP contribution in [0.2, 0.25) is 5.02 Å². The molecule has 2 atom stereocenters. The van der Waals surface area contributed by atoms with Crippen LogP contribution >= 0.6 is 11.6 Å². The second-order valence-electron chi connectivity index (χ2n) is 5.66. The molecule has 0 radical (unpaired) electrons. The van der Waals surface area contributed by atoms with Crippen LogP contribution < -0.4 is 10.6 Å². The lowest BCUT2D eigenvalue weighted by Crippen LogP contribution is -2.53. The zero-order chi connectivity index (χ0) is 13.2. The topological polar surface area (TPSA) is 32.5 Å². The molecule has 1 aromatic carbocycles. The minimum atomic E-state index is 0.391. The molecular weight excluding hydrogens is 258 g/mol. The highest BCUT2D eigenvalue weighted by atomic mass is 35.5. The van der Waals surface area contributed by atoms with E-state index < -0.39 is 0 Å². The van der Waals surface area contributed by atoms with Crippen molar-refractivity contribution in [2.75, 3.05) is 31.1 Å². The van der Waals surface area contributed by atoms with E-state index in [-0.39, 0.29) is 0 Å². The first-order valence-corrected chi connectivity index (χ1v) is 7.62. The molecule has 19 heavy (non-hydrogen) atoms. The Morgan fingerprint density at radius 2 is 1.68 bits per heavy atom. The Balaban J connectivity index is 1.58. The number of piperazine rings is 1. The van der Waals surface area contributed by atoms with E-state index in [0.29, 0.717) is 12.1 Å². The van der Waals surface area contributed by atoms with Gasteiger partial charge in [-0.05, 0) is 37.1 Å². The number of benzene rings is 1. The Bertz CT molecular complexity index is 412. The first-order valence-electron chi connectivity index (χ1n) is 7.24. The van der Waals surface area contributed by atoms with Crippen molar-refractivity contribution in [2.24, 2.45) is 5.73 Å². The molecule has 1 saturated carbocycles. The van der Waals surface area contributed by atoms with E-state index in [2.05, 4.69) is 21.9 Å². The summed E-state index contributed by atoms with van der Waals surface area (Å²) in [6.07, 6.45) is 3.77. The fourth-order valence-corrected chi connectivity index (χ4v) is 3.51. The first-order chi connectivity index (χ1) is 9.24. The van der Waals surface area contributed by atoms with Gasteiger partial charge in [-0.1, -0.05) is 18.0 Å². The first kappa shape index (κ1) is 13.2. The van der Waals surface area contributed by atoms with Gasteiger partial charge in [0.05, 0.1) is 0 Å². The molecule has 1 aromatic rings. The van der Waals surface area contributed by atoms with Crippen LogP contribution in [0.4, 0.5) is 5.69 Å². The SMILES string of the molecule is NC1CCCC1N1CCN(c2ccc(Cl)cc2)CC1. The van der Waals surface area contributed by atoms with Crippen LogP contribution in [0.3, 0.4) is 0 Å². The second-order valence-corrected chi connectivity index (χ2v) is 6.10. The molecule has 104 valence electrons. The highest BCUT2D eigenvalue weighted by molar-refractivity contribution is 6.30. The van der Waals surface area contributed by atoms with E-state index in [9.17, 15) is 0 Å². The van der Waals surface area contributed by atoms with Gasteiger partial charge in [-0.15, -0.1) is 0 Å². The summed E-state index contributed by atoms with van der Waals surface area (Å²) in [5.41, 5.74) is 7.48. The Labute approximate surface area is 120 Å². The Kier molecular flexibility index (Phi) is 3.96. The summed E-state index contributed by atoms with van der Waals surface area (Å²) in [4.78, 5) is 5.03. The minimum absolute atomic E-state index is 0.391. The average molecular weight is 280 g/mol. The van der Waals surface area contributed by atoms with Crippen molar-refractivity contribution in [3.63, 3.8) is 0 Å². The number of rotatable bonds is 2. The van der Waals surface area contributed by atoms with Gasteiger partial charge < -0.3 is 10.6 Å². The van der Waals surface area contributed by atoms with E-state index >= 15 is 0 Å². The second kappa shape index (κ2) is 5.70. The molecule has 3 nitrogen and oxygen atoms in total. The predicted molar refractivity (Wildman–Crippen MR) is 80.9 cm³/mol. The van der Waals surface area contributed by atoms with E-state index in [1.807, 2.05) is 12.1 Å². The van der Waals surface area contributed by atoms with Crippen LogP contribution in [0.15, 0.2) is 24.3 Å². The molecule has 1 aliphatic heterocycles. The van der Waals surface area contributed by atoms with Crippen LogP contribution in [0, 0.1) is 0 Å². The van der Waals surface area contributed by atoms with Gasteiger partial charge in [0, 0.05) is 49.0 Å². The van der Waals surface area contributed by atoms with Crippen molar-refractivity contribution >= 4 is 17.3 Å². The zero-order valence-corrected chi connectivity index (χ0v) is 12.0. The summed E-state index contributed by atoms with van der Waals surface area (Å²) in [5.74, 6) is 0. The number of hydrogen-bond acceptors (Lipinski definition) is 3. The smallest absolute Gasteiger partial charge is 0.0407 e. The van der Waals surface area contributed by atoms with Gasteiger partial charge in [0.25, 0.3) is 0 Å². The molecule has 1 heterocycles. The number of nitrogens with two attached hydrogens (primary N) is 1. The van der Waals surface area contributed by atoms with Crippen molar-refractivity contribution in [1.82, 2.24) is 4.90 Å². The van der Waals surface area contributed by atoms with Crippen molar-refractivity contribution in [1.29, 1.82) is 0 Å². The molecular formula is C15H22ClN3. The highest BCUT2D eigenvalue weighted by Gasteiger charge is 2.31. The van der Waals surface area contributed by atoms with Gasteiger partial charge in [0.2, 0.25) is 0 Å². The summed E-state index contributed by atoms with van der Waals surface area (Å²) >= 11 is 5.94. The third-order valence-corrected chi connectivity index (χ3v) is 4.76. The van der Waals surface area contributed by atoms with Crippen LogP contribution in [-0.2, 0) is 0 Å². The Hall–Kier alpha value is -0.770. The summed E-state index contributed by atoms with van der Waals surface area (Å²) in [7, 11) is 0. The predicted octanol–water partition coefficient (Wildman–Crippen LogP) is 2.34. The molecule has 0 bridgehead atoms. The van der Waals surface area contributed by atoms with Gasteiger partial charge >= 0.3 is 0 Å². The van der Waals surface area contributed by atoms with Crippen molar-refractivity contribution in [3.05, 3.63) is 29.3 Å². The fourth-order valence-electron chi connectivity index (χ4n) is 3.39. The lowest BCUT2D eigenvalue weighted by molar-refractivity contribution is 0.175. The average Bonchev–Trinajstić information content (AvgIpc) is 2.86. The van der Waals surface area contributed by atoms with Gasteiger partial charge in [-0.3, -0.25) is 4.90 Å². The number of nitrogens with zero attached hydrogens (tertiary/aromatic N) is 2. The molecule has 0 amide bonds. The van der Waals surface area contributed by atoms with Gasteiger partial charge in [-0.25, -0.2) is 0 Å². The Morgan fingerprint density at radius 1 is 1.00 bits per heavy atom. The van der Waals surface area contributed by atoms with Crippen LogP contribution in [0.1, 0.15) is 19.3 Å². The maximum Gasteiger partial charge on any atom is 0.0407 e. The minimum Gasteiger partial charge on any atom is -0.369 e. The molecule has 0 spiro atoms. The molecule has 2 aliphatic rings. The normalized spacial score (nSPS) is 28.8. The number of anilines is 1. The third kappa shape index (κ3) is 2.88. The third-order valence-electron chi connectivity index (χ3n) is 4.51. The Morgan fingerprint density at radius 3 is 2.26 bits per heavy atom. The summed E-state index contributed by atoms with van der Waals surface area (Å²) in [6.45, 7) is 4.43. The highest BCUT2D eigenvalue weighted by Crippen LogP contribution is 2.25. The van der Waals surface area contributed by atoms with Crippen LogP contribution in [0.25, 0.3) is 0 Å². The molecule has 4 heteroatoms. The lowest BCUT2D eigenvalue weighted by Gasteiger charge is -2.40. The van der Waals surface area contributed by atoms with Crippen molar-refractivity contribution < 1.29 is 0 Å². The number of hydrogen-bond donors (Lipinski definition) is 1. The largest absolute Gasteiger partial charge is 0.369 e.